The molecule has 0 saturated heterocycles. The fourth-order valence-electron chi connectivity index (χ4n) is 12.2. The molecular weight excluding hydrogens is 934 g/mol. The molecule has 0 unspecified atom stereocenters. The number of hydrogen-bond acceptors (Lipinski definition) is 4. The van der Waals surface area contributed by atoms with E-state index in [1.54, 1.807) is 0 Å². The summed E-state index contributed by atoms with van der Waals surface area (Å²) in [5.41, 5.74) is 24.8. The lowest BCUT2D eigenvalue weighted by atomic mass is 9.33. The van der Waals surface area contributed by atoms with Crippen LogP contribution in [0.2, 0.25) is 0 Å². The Morgan fingerprint density at radius 3 is 1.55 bits per heavy atom. The maximum Gasteiger partial charge on any atom is 0.252 e. The minimum absolute atomic E-state index is 0.0125. The van der Waals surface area contributed by atoms with Crippen LogP contribution >= 0.6 is 0 Å². The van der Waals surface area contributed by atoms with E-state index in [-0.39, 0.29) is 6.71 Å². The van der Waals surface area contributed by atoms with Crippen molar-refractivity contribution in [1.82, 2.24) is 14.5 Å². The zero-order chi connectivity index (χ0) is 51.0. The minimum Gasteiger partial charge on any atom is -0.311 e. The first-order valence-electron chi connectivity index (χ1n) is 26.4. The average molecular weight is 982 g/mol. The summed E-state index contributed by atoms with van der Waals surface area (Å²) in [7, 11) is 0. The quantitative estimate of drug-likeness (QED) is 0.142. The standard InChI is InChI=1S/C71H48BN5/c1-47-34-41-65-58(44-47)56-28-14-17-31-63(56)77(65)64-42-39-52(62-46-61(50-20-6-2-7-21-50)73-71(74-62)51-22-8-3-9-23-51)45-57(64)49-37-35-48(36-38-49)55-40-43-68-69-70(55)76(54-26-12-5-13-27-54)67-33-19-16-30-60(67)72(69)59-29-15-18-32-66(59)75(68)53-24-10-4-11-25-53/h2-46H,1H3. The van der Waals surface area contributed by atoms with Crippen molar-refractivity contribution in [3.05, 3.63) is 279 Å². The molecule has 6 heteroatoms. The van der Waals surface area contributed by atoms with Gasteiger partial charge in [-0.15, -0.1) is 0 Å². The SMILES string of the molecule is Cc1ccc2c(c1)c1ccccc1n2-c1ccc(-c2cc(-c3ccccc3)nc(-c3ccccc3)n2)cc1-c1ccc(-c2ccc3c4c2N(c2ccccc2)c2ccccc2B4c2ccccc2N3c2ccccc2)cc1. The third-order valence-electron chi connectivity index (χ3n) is 15.6. The van der Waals surface area contributed by atoms with E-state index in [0.717, 1.165) is 72.9 Å². The Hall–Kier alpha value is -10.0. The number of hydrogen-bond donors (Lipinski definition) is 0. The maximum atomic E-state index is 5.32. The van der Waals surface area contributed by atoms with Gasteiger partial charge in [-0.05, 0) is 113 Å². The van der Waals surface area contributed by atoms with Crippen LogP contribution in [0.25, 0.3) is 83.6 Å². The number of nitrogens with zero attached hydrogens (tertiary/aromatic N) is 5. The van der Waals surface area contributed by atoms with Gasteiger partial charge in [-0.1, -0.05) is 200 Å². The van der Waals surface area contributed by atoms with Crippen LogP contribution in [0.5, 0.6) is 0 Å². The zero-order valence-electron chi connectivity index (χ0n) is 42.3. The highest BCUT2D eigenvalue weighted by molar-refractivity contribution is 7.00. The first kappa shape index (κ1) is 44.5. The van der Waals surface area contributed by atoms with Gasteiger partial charge in [0.15, 0.2) is 5.82 Å². The van der Waals surface area contributed by atoms with Crippen LogP contribution in [0.1, 0.15) is 5.56 Å². The van der Waals surface area contributed by atoms with Crippen molar-refractivity contribution in [2.75, 3.05) is 9.80 Å². The Morgan fingerprint density at radius 1 is 0.338 bits per heavy atom. The van der Waals surface area contributed by atoms with E-state index in [0.29, 0.717) is 5.82 Å². The van der Waals surface area contributed by atoms with Crippen molar-refractivity contribution in [2.45, 2.75) is 6.92 Å². The van der Waals surface area contributed by atoms with E-state index in [2.05, 4.69) is 270 Å². The molecule has 0 atom stereocenters. The van der Waals surface area contributed by atoms with Gasteiger partial charge in [0.2, 0.25) is 0 Å². The summed E-state index contributed by atoms with van der Waals surface area (Å²) in [4.78, 5) is 15.4. The fraction of sp³-hybridized carbons (Fsp3) is 0.0141. The van der Waals surface area contributed by atoms with E-state index in [4.69, 9.17) is 9.97 Å². The molecule has 0 N–H and O–H groups in total. The second kappa shape index (κ2) is 18.1. The average Bonchev–Trinajstić information content (AvgIpc) is 3.83. The highest BCUT2D eigenvalue weighted by Gasteiger charge is 2.44. The summed E-state index contributed by atoms with van der Waals surface area (Å²) in [6.45, 7) is 2.19. The number of rotatable bonds is 8. The normalized spacial score (nSPS) is 12.4. The molecule has 77 heavy (non-hydrogen) atoms. The topological polar surface area (TPSA) is 37.2 Å². The van der Waals surface area contributed by atoms with Crippen molar-refractivity contribution >= 4 is 79.0 Å². The minimum atomic E-state index is 0.0125. The smallest absolute Gasteiger partial charge is 0.252 e. The van der Waals surface area contributed by atoms with Crippen LogP contribution in [0.4, 0.5) is 34.1 Å². The Labute approximate surface area is 448 Å². The molecule has 0 fully saturated rings. The fourth-order valence-corrected chi connectivity index (χ4v) is 12.2. The Balaban J connectivity index is 0.952. The molecule has 0 aliphatic carbocycles. The van der Waals surface area contributed by atoms with E-state index >= 15 is 0 Å². The molecule has 5 nitrogen and oxygen atoms in total. The first-order chi connectivity index (χ1) is 38.1. The van der Waals surface area contributed by atoms with Gasteiger partial charge in [0.05, 0.1) is 33.8 Å². The van der Waals surface area contributed by atoms with Crippen LogP contribution in [0.15, 0.2) is 273 Å². The second-order valence-electron chi connectivity index (χ2n) is 20.2. The van der Waals surface area contributed by atoms with Gasteiger partial charge in [-0.2, -0.15) is 0 Å². The van der Waals surface area contributed by atoms with E-state index < -0.39 is 0 Å². The van der Waals surface area contributed by atoms with Gasteiger partial charge in [-0.3, -0.25) is 0 Å². The first-order valence-corrected chi connectivity index (χ1v) is 26.4. The van der Waals surface area contributed by atoms with Crippen molar-refractivity contribution in [2.24, 2.45) is 0 Å². The number of benzene rings is 11. The third kappa shape index (κ3) is 7.32. The van der Waals surface area contributed by atoms with E-state index in [9.17, 15) is 0 Å². The molecule has 0 spiro atoms. The van der Waals surface area contributed by atoms with Gasteiger partial charge < -0.3 is 14.4 Å². The zero-order valence-corrected chi connectivity index (χ0v) is 42.3. The molecule has 13 aromatic rings. The van der Waals surface area contributed by atoms with Gasteiger partial charge in [0, 0.05) is 67.0 Å². The number of aryl methyl sites for hydroxylation is 1. The summed E-state index contributed by atoms with van der Waals surface area (Å²) >= 11 is 0. The lowest BCUT2D eigenvalue weighted by Gasteiger charge is -2.45. The Bertz CT molecular complexity index is 4330. The van der Waals surface area contributed by atoms with Crippen LogP contribution in [0, 0.1) is 6.92 Å². The number of para-hydroxylation sites is 5. The predicted molar refractivity (Wildman–Crippen MR) is 322 cm³/mol. The molecule has 0 saturated carbocycles. The molecule has 2 aliphatic rings. The molecule has 2 aliphatic heterocycles. The monoisotopic (exact) mass is 981 g/mol. The molecular formula is C71H48BN5. The molecule has 11 aromatic carbocycles. The summed E-state index contributed by atoms with van der Waals surface area (Å²) in [6.07, 6.45) is 0. The van der Waals surface area contributed by atoms with Gasteiger partial charge >= 0.3 is 0 Å². The molecule has 15 rings (SSSR count). The van der Waals surface area contributed by atoms with E-state index in [1.165, 1.54) is 61.0 Å². The molecule has 0 bridgehead atoms. The van der Waals surface area contributed by atoms with Gasteiger partial charge in [0.1, 0.15) is 0 Å². The third-order valence-corrected chi connectivity index (χ3v) is 15.6. The molecule has 0 radical (unpaired) electrons. The highest BCUT2D eigenvalue weighted by atomic mass is 15.2. The van der Waals surface area contributed by atoms with Crippen molar-refractivity contribution < 1.29 is 0 Å². The lowest BCUT2D eigenvalue weighted by Crippen LogP contribution is -2.61. The number of fused-ring (bicyclic) bond motifs is 7. The molecule has 2 aromatic heterocycles. The highest BCUT2D eigenvalue weighted by Crippen LogP contribution is 2.48. The van der Waals surface area contributed by atoms with Crippen molar-refractivity contribution in [3.8, 4) is 61.8 Å². The van der Waals surface area contributed by atoms with Crippen molar-refractivity contribution in [1.29, 1.82) is 0 Å². The Kier molecular flexibility index (Phi) is 10.5. The van der Waals surface area contributed by atoms with Crippen LogP contribution in [-0.2, 0) is 0 Å². The number of anilines is 6. The van der Waals surface area contributed by atoms with Crippen LogP contribution in [-0.4, -0.2) is 21.2 Å². The van der Waals surface area contributed by atoms with Crippen LogP contribution in [0.3, 0.4) is 0 Å². The predicted octanol–water partition coefficient (Wildman–Crippen LogP) is 16.3. The number of aromatic nitrogens is 3. The molecule has 0 amide bonds. The van der Waals surface area contributed by atoms with Crippen molar-refractivity contribution in [3.63, 3.8) is 0 Å². The van der Waals surface area contributed by atoms with Gasteiger partial charge in [-0.25, -0.2) is 9.97 Å². The summed E-state index contributed by atoms with van der Waals surface area (Å²) in [5.74, 6) is 0.688. The van der Waals surface area contributed by atoms with Gasteiger partial charge in [0.25, 0.3) is 6.71 Å². The summed E-state index contributed by atoms with van der Waals surface area (Å²) in [6, 6.07) is 99.0. The lowest BCUT2D eigenvalue weighted by molar-refractivity contribution is 1.17. The summed E-state index contributed by atoms with van der Waals surface area (Å²) in [5, 5.41) is 2.46. The second-order valence-corrected chi connectivity index (χ2v) is 20.2. The van der Waals surface area contributed by atoms with E-state index in [1.807, 2.05) is 24.3 Å². The molecule has 360 valence electrons. The largest absolute Gasteiger partial charge is 0.311 e. The summed E-state index contributed by atoms with van der Waals surface area (Å²) < 4.78 is 2.45. The maximum absolute atomic E-state index is 5.32. The van der Waals surface area contributed by atoms with Crippen LogP contribution < -0.4 is 26.2 Å². The Morgan fingerprint density at radius 2 is 0.857 bits per heavy atom. The molecule has 4 heterocycles.